The number of piperidine rings is 1. The Labute approximate surface area is 169 Å². The van der Waals surface area contributed by atoms with Gasteiger partial charge in [-0.15, -0.1) is 0 Å². The van der Waals surface area contributed by atoms with Crippen molar-refractivity contribution in [3.8, 4) is 11.5 Å². The molecule has 0 spiro atoms. The molecule has 1 saturated heterocycles. The summed E-state index contributed by atoms with van der Waals surface area (Å²) in [5.41, 5.74) is 1.38. The number of hydrogen-bond acceptors (Lipinski definition) is 6. The number of nitrogens with zero attached hydrogens (tertiary/aromatic N) is 6. The highest BCUT2D eigenvalue weighted by atomic mass is 16.5. The molecule has 0 atom stereocenters. The monoisotopic (exact) mass is 392 g/mol. The summed E-state index contributed by atoms with van der Waals surface area (Å²) in [6.07, 6.45) is 12.1. The third kappa shape index (κ3) is 3.43. The first-order valence-electron chi connectivity index (χ1n) is 10.1. The summed E-state index contributed by atoms with van der Waals surface area (Å²) in [6, 6.07) is 3.75. The molecule has 0 unspecified atom stereocenters. The number of aromatic nitrogens is 5. The van der Waals surface area contributed by atoms with Gasteiger partial charge in [0.05, 0.1) is 12.5 Å². The van der Waals surface area contributed by atoms with Crippen LogP contribution in [0.1, 0.15) is 48.4 Å². The van der Waals surface area contributed by atoms with Gasteiger partial charge in [0.1, 0.15) is 5.69 Å². The fraction of sp³-hybridized carbons (Fsp3) is 0.476. The molecule has 150 valence electrons. The molecular weight excluding hydrogens is 368 g/mol. The summed E-state index contributed by atoms with van der Waals surface area (Å²) >= 11 is 0. The van der Waals surface area contributed by atoms with Crippen LogP contribution >= 0.6 is 0 Å². The van der Waals surface area contributed by atoms with E-state index in [-0.39, 0.29) is 11.3 Å². The van der Waals surface area contributed by atoms with Gasteiger partial charge in [-0.25, -0.2) is 4.98 Å². The first-order chi connectivity index (χ1) is 14.1. The number of pyridine rings is 1. The molecule has 4 heterocycles. The molecule has 2 fully saturated rings. The summed E-state index contributed by atoms with van der Waals surface area (Å²) in [4.78, 5) is 27.7. The van der Waals surface area contributed by atoms with E-state index in [1.807, 2.05) is 24.1 Å². The predicted molar refractivity (Wildman–Crippen MR) is 105 cm³/mol. The molecule has 8 nitrogen and oxygen atoms in total. The number of aryl methyl sites for hydroxylation is 1. The van der Waals surface area contributed by atoms with E-state index in [9.17, 15) is 4.79 Å². The minimum Gasteiger partial charge on any atom is -0.337 e. The van der Waals surface area contributed by atoms with Crippen molar-refractivity contribution in [1.82, 2.24) is 29.6 Å². The van der Waals surface area contributed by atoms with Crippen molar-refractivity contribution in [3.05, 3.63) is 48.6 Å². The van der Waals surface area contributed by atoms with E-state index in [0.29, 0.717) is 24.7 Å². The Morgan fingerprint density at radius 2 is 1.97 bits per heavy atom. The Bertz CT molecular complexity index is 999. The predicted octanol–water partition coefficient (Wildman–Crippen LogP) is 2.84. The second-order valence-electron chi connectivity index (χ2n) is 8.27. The van der Waals surface area contributed by atoms with E-state index in [1.54, 1.807) is 29.5 Å². The van der Waals surface area contributed by atoms with Crippen LogP contribution in [0.5, 0.6) is 0 Å². The second-order valence-corrected chi connectivity index (χ2v) is 8.27. The van der Waals surface area contributed by atoms with Crippen molar-refractivity contribution < 1.29 is 9.32 Å². The van der Waals surface area contributed by atoms with Crippen LogP contribution in [-0.4, -0.2) is 48.6 Å². The van der Waals surface area contributed by atoms with Gasteiger partial charge in [-0.3, -0.25) is 9.78 Å². The highest BCUT2D eigenvalue weighted by Crippen LogP contribution is 2.46. The number of carbonyl (C=O) groups excluding carboxylic acids is 1. The third-order valence-corrected chi connectivity index (χ3v) is 6.25. The summed E-state index contributed by atoms with van der Waals surface area (Å²) in [5, 5.41) is 4.38. The van der Waals surface area contributed by atoms with Crippen molar-refractivity contribution in [3.63, 3.8) is 0 Å². The van der Waals surface area contributed by atoms with Gasteiger partial charge in [0.25, 0.3) is 11.8 Å². The summed E-state index contributed by atoms with van der Waals surface area (Å²) in [5.74, 6) is 2.09. The number of rotatable bonds is 5. The Kier molecular flexibility index (Phi) is 4.41. The minimum atomic E-state index is -0.126. The zero-order valence-electron chi connectivity index (χ0n) is 16.5. The van der Waals surface area contributed by atoms with Crippen LogP contribution in [-0.2, 0) is 12.5 Å². The van der Waals surface area contributed by atoms with Gasteiger partial charge in [0.15, 0.2) is 5.82 Å². The van der Waals surface area contributed by atoms with Crippen LogP contribution in [0.4, 0.5) is 0 Å². The van der Waals surface area contributed by atoms with Gasteiger partial charge in [-0.2, -0.15) is 4.98 Å². The number of likely N-dealkylation sites (tertiary alicyclic amines) is 1. The maximum absolute atomic E-state index is 12.9. The van der Waals surface area contributed by atoms with Crippen LogP contribution in [0.25, 0.3) is 11.5 Å². The number of carbonyl (C=O) groups is 1. The van der Waals surface area contributed by atoms with Gasteiger partial charge >= 0.3 is 0 Å². The first-order valence-corrected chi connectivity index (χ1v) is 10.1. The Morgan fingerprint density at radius 1 is 1.21 bits per heavy atom. The zero-order chi connectivity index (χ0) is 19.8. The van der Waals surface area contributed by atoms with Crippen molar-refractivity contribution in [2.45, 2.75) is 37.5 Å². The van der Waals surface area contributed by atoms with E-state index in [0.717, 1.165) is 36.6 Å². The van der Waals surface area contributed by atoms with Crippen LogP contribution in [0, 0.1) is 5.92 Å². The van der Waals surface area contributed by atoms with Crippen LogP contribution in [0.15, 0.2) is 41.6 Å². The largest absolute Gasteiger partial charge is 0.337 e. The number of hydrogen-bond donors (Lipinski definition) is 0. The maximum atomic E-state index is 12.9. The quantitative estimate of drug-likeness (QED) is 0.663. The van der Waals surface area contributed by atoms with Crippen LogP contribution in [0.2, 0.25) is 0 Å². The lowest BCUT2D eigenvalue weighted by Gasteiger charge is -2.40. The van der Waals surface area contributed by atoms with Gasteiger partial charge < -0.3 is 14.0 Å². The van der Waals surface area contributed by atoms with Crippen molar-refractivity contribution in [2.24, 2.45) is 13.0 Å². The summed E-state index contributed by atoms with van der Waals surface area (Å²) in [6.45, 7) is 1.38. The average molecular weight is 392 g/mol. The summed E-state index contributed by atoms with van der Waals surface area (Å²) < 4.78 is 7.37. The standard InChI is InChI=1S/C21H24N6O2/c1-26-14-23-13-17(26)19(28)27-10-6-21(7-11-27,12-15-2-3-15)20-24-18(29-25-20)16-4-8-22-9-5-16/h4-5,8-9,13-15H,2-3,6-7,10-12H2,1H3. The molecule has 1 saturated carbocycles. The molecule has 2 aliphatic rings. The van der Waals surface area contributed by atoms with E-state index < -0.39 is 0 Å². The second kappa shape index (κ2) is 7.09. The van der Waals surface area contributed by atoms with Gasteiger partial charge in [-0.05, 0) is 37.3 Å². The Balaban J connectivity index is 1.37. The SMILES string of the molecule is Cn1cncc1C(=O)N1CCC(CC2CC2)(c2noc(-c3ccncc3)n2)CC1. The topological polar surface area (TPSA) is 89.9 Å². The molecule has 0 bridgehead atoms. The van der Waals surface area contributed by atoms with E-state index in [2.05, 4.69) is 15.1 Å². The summed E-state index contributed by atoms with van der Waals surface area (Å²) in [7, 11) is 1.85. The Morgan fingerprint density at radius 3 is 2.62 bits per heavy atom. The van der Waals surface area contributed by atoms with E-state index in [4.69, 9.17) is 9.51 Å². The molecule has 5 rings (SSSR count). The molecule has 3 aromatic heterocycles. The van der Waals surface area contributed by atoms with Gasteiger partial charge in [0, 0.05) is 43.5 Å². The van der Waals surface area contributed by atoms with Crippen LogP contribution in [0.3, 0.4) is 0 Å². The lowest BCUT2D eigenvalue weighted by Crippen LogP contribution is -2.46. The highest BCUT2D eigenvalue weighted by molar-refractivity contribution is 5.92. The maximum Gasteiger partial charge on any atom is 0.272 e. The molecule has 1 amide bonds. The molecule has 0 aromatic carbocycles. The fourth-order valence-corrected chi connectivity index (χ4v) is 4.31. The molecule has 0 radical (unpaired) electrons. The van der Waals surface area contributed by atoms with Crippen LogP contribution < -0.4 is 0 Å². The average Bonchev–Trinajstić information content (AvgIpc) is 3.24. The van der Waals surface area contributed by atoms with Gasteiger partial charge in [-0.1, -0.05) is 18.0 Å². The lowest BCUT2D eigenvalue weighted by molar-refractivity contribution is 0.0636. The number of imidazole rings is 1. The molecule has 0 N–H and O–H groups in total. The Hall–Kier alpha value is -3.03. The fourth-order valence-electron chi connectivity index (χ4n) is 4.31. The van der Waals surface area contributed by atoms with Crippen molar-refractivity contribution in [2.75, 3.05) is 13.1 Å². The van der Waals surface area contributed by atoms with Crippen molar-refractivity contribution >= 4 is 5.91 Å². The molecule has 1 aliphatic heterocycles. The smallest absolute Gasteiger partial charge is 0.272 e. The van der Waals surface area contributed by atoms with E-state index >= 15 is 0 Å². The molecule has 1 aliphatic carbocycles. The lowest BCUT2D eigenvalue weighted by atomic mass is 9.73. The third-order valence-electron chi connectivity index (χ3n) is 6.25. The van der Waals surface area contributed by atoms with Gasteiger partial charge in [0.2, 0.25) is 0 Å². The number of amides is 1. The molecule has 29 heavy (non-hydrogen) atoms. The highest BCUT2D eigenvalue weighted by Gasteiger charge is 2.45. The van der Waals surface area contributed by atoms with Crippen molar-refractivity contribution in [1.29, 1.82) is 0 Å². The molecule has 8 heteroatoms. The minimum absolute atomic E-state index is 0.0376. The molecular formula is C21H24N6O2. The zero-order valence-corrected chi connectivity index (χ0v) is 16.5. The molecule has 3 aromatic rings. The normalized spacial score (nSPS) is 18.7. The first kappa shape index (κ1) is 18.0. The van der Waals surface area contributed by atoms with E-state index in [1.165, 1.54) is 12.8 Å².